The maximum absolute atomic E-state index is 11.9. The number of pyridine rings is 1. The molecule has 0 aliphatic carbocycles. The van der Waals surface area contributed by atoms with Gasteiger partial charge >= 0.3 is 5.97 Å². The first-order valence-corrected chi connectivity index (χ1v) is 8.31. The zero-order chi connectivity index (χ0) is 19.6. The number of anilines is 1. The number of benzene rings is 1. The van der Waals surface area contributed by atoms with Gasteiger partial charge in [-0.1, -0.05) is 13.0 Å². The number of methoxy groups -OCH3 is 1. The molecule has 0 aliphatic rings. The van der Waals surface area contributed by atoms with E-state index in [-0.39, 0.29) is 24.9 Å². The van der Waals surface area contributed by atoms with Crippen LogP contribution in [0.4, 0.5) is 11.5 Å². The fourth-order valence-electron chi connectivity index (χ4n) is 2.12. The molecule has 0 fully saturated rings. The quantitative estimate of drug-likeness (QED) is 0.383. The van der Waals surface area contributed by atoms with Gasteiger partial charge in [0.25, 0.3) is 5.69 Å². The van der Waals surface area contributed by atoms with E-state index in [9.17, 15) is 14.9 Å². The number of nitrogens with one attached hydrogen (secondary N) is 1. The van der Waals surface area contributed by atoms with Crippen molar-refractivity contribution in [3.05, 3.63) is 52.7 Å². The van der Waals surface area contributed by atoms with Gasteiger partial charge in [-0.25, -0.2) is 9.78 Å². The lowest BCUT2D eigenvalue weighted by atomic mass is 10.2. The summed E-state index contributed by atoms with van der Waals surface area (Å²) in [6.45, 7) is 1.82. The number of carbonyl (C=O) groups excluding carboxylic acids is 1. The summed E-state index contributed by atoms with van der Waals surface area (Å²) in [6.07, 6.45) is 1.84. The minimum atomic E-state index is -0.516. The Bertz CT molecular complexity index is 766. The fourth-order valence-corrected chi connectivity index (χ4v) is 2.12. The highest BCUT2D eigenvalue weighted by atomic mass is 16.6. The molecule has 144 valence electrons. The summed E-state index contributed by atoms with van der Waals surface area (Å²) >= 11 is 0. The van der Waals surface area contributed by atoms with Gasteiger partial charge < -0.3 is 19.5 Å². The molecule has 1 unspecified atom stereocenters. The Morgan fingerprint density at radius 2 is 2.07 bits per heavy atom. The average Bonchev–Trinajstić information content (AvgIpc) is 2.70. The lowest BCUT2D eigenvalue weighted by Crippen LogP contribution is -2.28. The van der Waals surface area contributed by atoms with Crippen molar-refractivity contribution in [2.75, 3.05) is 25.6 Å². The Morgan fingerprint density at radius 3 is 2.70 bits per heavy atom. The number of rotatable bonds is 10. The van der Waals surface area contributed by atoms with Crippen molar-refractivity contribution in [3.8, 4) is 11.5 Å². The van der Waals surface area contributed by atoms with E-state index in [0.717, 1.165) is 0 Å². The van der Waals surface area contributed by atoms with E-state index in [1.165, 1.54) is 18.3 Å². The van der Waals surface area contributed by atoms with E-state index >= 15 is 0 Å². The van der Waals surface area contributed by atoms with Gasteiger partial charge in [0.15, 0.2) is 6.61 Å². The fraction of sp³-hybridized carbons (Fsp3) is 0.333. The van der Waals surface area contributed by atoms with Crippen molar-refractivity contribution < 1.29 is 23.9 Å². The van der Waals surface area contributed by atoms with Crippen molar-refractivity contribution in [2.45, 2.75) is 19.4 Å². The Kier molecular flexibility index (Phi) is 7.36. The SMILES string of the molecule is CCC(COC(=O)COc1cccc(OC)c1)Nc1ccc([N+](=O)[O-])cn1. The lowest BCUT2D eigenvalue weighted by Gasteiger charge is -2.17. The molecule has 1 atom stereocenters. The van der Waals surface area contributed by atoms with Crippen molar-refractivity contribution in [3.63, 3.8) is 0 Å². The Balaban J connectivity index is 1.78. The third-order valence-electron chi connectivity index (χ3n) is 3.65. The van der Waals surface area contributed by atoms with Crippen LogP contribution in [-0.2, 0) is 9.53 Å². The van der Waals surface area contributed by atoms with Gasteiger partial charge in [0.1, 0.15) is 30.1 Å². The lowest BCUT2D eigenvalue weighted by molar-refractivity contribution is -0.385. The minimum Gasteiger partial charge on any atom is -0.497 e. The molecule has 2 rings (SSSR count). The van der Waals surface area contributed by atoms with Crippen molar-refractivity contribution in [2.24, 2.45) is 0 Å². The average molecular weight is 375 g/mol. The molecule has 2 aromatic rings. The number of aromatic nitrogens is 1. The molecule has 1 aromatic heterocycles. The second-order valence-corrected chi connectivity index (χ2v) is 5.56. The molecule has 9 nitrogen and oxygen atoms in total. The van der Waals surface area contributed by atoms with Crippen LogP contribution in [0.1, 0.15) is 13.3 Å². The highest BCUT2D eigenvalue weighted by Gasteiger charge is 2.13. The van der Waals surface area contributed by atoms with Gasteiger partial charge in [0.2, 0.25) is 0 Å². The number of nitro groups is 1. The van der Waals surface area contributed by atoms with Crippen LogP contribution in [0.15, 0.2) is 42.6 Å². The van der Waals surface area contributed by atoms with Crippen LogP contribution in [-0.4, -0.2) is 42.2 Å². The van der Waals surface area contributed by atoms with Crippen LogP contribution in [0.25, 0.3) is 0 Å². The molecular weight excluding hydrogens is 354 g/mol. The van der Waals surface area contributed by atoms with Gasteiger partial charge in [0.05, 0.1) is 18.1 Å². The third kappa shape index (κ3) is 6.46. The van der Waals surface area contributed by atoms with E-state index in [0.29, 0.717) is 23.7 Å². The first kappa shape index (κ1) is 20.0. The monoisotopic (exact) mass is 375 g/mol. The summed E-state index contributed by atoms with van der Waals surface area (Å²) in [4.78, 5) is 26.0. The zero-order valence-corrected chi connectivity index (χ0v) is 15.1. The molecule has 0 radical (unpaired) electrons. The number of ether oxygens (including phenoxy) is 3. The molecule has 0 saturated heterocycles. The second kappa shape index (κ2) is 9.95. The number of hydrogen-bond acceptors (Lipinski definition) is 8. The molecule has 1 N–H and O–H groups in total. The summed E-state index contributed by atoms with van der Waals surface area (Å²) in [6, 6.07) is 9.60. The smallest absolute Gasteiger partial charge is 0.344 e. The first-order valence-electron chi connectivity index (χ1n) is 8.31. The molecule has 0 amide bonds. The first-order chi connectivity index (χ1) is 13.0. The summed E-state index contributed by atoms with van der Waals surface area (Å²) in [7, 11) is 1.55. The summed E-state index contributed by atoms with van der Waals surface area (Å²) in [5.41, 5.74) is -0.0882. The highest BCUT2D eigenvalue weighted by molar-refractivity contribution is 5.71. The molecule has 9 heteroatoms. The van der Waals surface area contributed by atoms with Crippen molar-refractivity contribution >= 4 is 17.5 Å². The molecule has 0 spiro atoms. The van der Waals surface area contributed by atoms with Crippen LogP contribution in [0.3, 0.4) is 0 Å². The van der Waals surface area contributed by atoms with Gasteiger partial charge in [0, 0.05) is 12.1 Å². The Morgan fingerprint density at radius 1 is 1.30 bits per heavy atom. The third-order valence-corrected chi connectivity index (χ3v) is 3.65. The van der Waals surface area contributed by atoms with Gasteiger partial charge in [-0.05, 0) is 24.6 Å². The van der Waals surface area contributed by atoms with E-state index in [4.69, 9.17) is 14.2 Å². The van der Waals surface area contributed by atoms with Crippen LogP contribution >= 0.6 is 0 Å². The second-order valence-electron chi connectivity index (χ2n) is 5.56. The van der Waals surface area contributed by atoms with E-state index < -0.39 is 10.9 Å². The van der Waals surface area contributed by atoms with Crippen LogP contribution in [0, 0.1) is 10.1 Å². The topological polar surface area (TPSA) is 113 Å². The van der Waals surface area contributed by atoms with Crippen LogP contribution in [0.2, 0.25) is 0 Å². The molecular formula is C18H21N3O6. The number of carbonyl (C=O) groups is 1. The van der Waals surface area contributed by atoms with Crippen molar-refractivity contribution in [1.82, 2.24) is 4.98 Å². The molecule has 1 aromatic carbocycles. The van der Waals surface area contributed by atoms with Gasteiger partial charge in [-0.3, -0.25) is 10.1 Å². The standard InChI is InChI=1S/C18H21N3O6/c1-3-13(20-17-8-7-14(10-19-17)21(23)24)11-27-18(22)12-26-16-6-4-5-15(9-16)25-2/h4-10,13H,3,11-12H2,1-2H3,(H,19,20). The Labute approximate surface area is 156 Å². The van der Waals surface area contributed by atoms with E-state index in [1.807, 2.05) is 6.92 Å². The van der Waals surface area contributed by atoms with E-state index in [1.54, 1.807) is 31.4 Å². The van der Waals surface area contributed by atoms with Gasteiger partial charge in [-0.15, -0.1) is 0 Å². The number of esters is 1. The molecule has 27 heavy (non-hydrogen) atoms. The minimum absolute atomic E-state index is 0.0882. The summed E-state index contributed by atoms with van der Waals surface area (Å²) in [5.74, 6) is 1.10. The summed E-state index contributed by atoms with van der Waals surface area (Å²) < 4.78 is 15.7. The Hall–Kier alpha value is -3.36. The number of nitrogens with zero attached hydrogens (tertiary/aromatic N) is 2. The largest absolute Gasteiger partial charge is 0.497 e. The highest BCUT2D eigenvalue weighted by Crippen LogP contribution is 2.18. The van der Waals surface area contributed by atoms with Crippen molar-refractivity contribution in [1.29, 1.82) is 0 Å². The maximum Gasteiger partial charge on any atom is 0.344 e. The zero-order valence-electron chi connectivity index (χ0n) is 15.1. The number of hydrogen-bond donors (Lipinski definition) is 1. The molecule has 1 heterocycles. The van der Waals surface area contributed by atoms with Gasteiger partial charge in [-0.2, -0.15) is 0 Å². The maximum atomic E-state index is 11.9. The molecule has 0 aliphatic heterocycles. The predicted octanol–water partition coefficient (Wildman–Crippen LogP) is 2.81. The predicted molar refractivity (Wildman–Crippen MR) is 98.0 cm³/mol. The molecule has 0 saturated carbocycles. The van der Waals surface area contributed by atoms with Crippen LogP contribution < -0.4 is 14.8 Å². The van der Waals surface area contributed by atoms with Crippen LogP contribution in [0.5, 0.6) is 11.5 Å². The summed E-state index contributed by atoms with van der Waals surface area (Å²) in [5, 5.41) is 13.7. The normalized spacial score (nSPS) is 11.3. The van der Waals surface area contributed by atoms with E-state index in [2.05, 4.69) is 10.3 Å². The molecule has 0 bridgehead atoms.